The molecule has 3 atom stereocenters. The molecule has 0 N–H and O–H groups in total. The van der Waals surface area contributed by atoms with E-state index in [1.807, 2.05) is 63.2 Å². The van der Waals surface area contributed by atoms with Gasteiger partial charge in [-0.15, -0.1) is 6.42 Å². The van der Waals surface area contributed by atoms with Crippen molar-refractivity contribution in [2.75, 3.05) is 0 Å². The van der Waals surface area contributed by atoms with Crippen LogP contribution in [0.3, 0.4) is 0 Å². The predicted molar refractivity (Wildman–Crippen MR) is 138 cm³/mol. The Hall–Kier alpha value is -3.00. The van der Waals surface area contributed by atoms with Gasteiger partial charge in [0, 0.05) is 11.5 Å². The molecule has 0 saturated carbocycles. The highest BCUT2D eigenvalue weighted by Gasteiger charge is 2.32. The van der Waals surface area contributed by atoms with Crippen LogP contribution in [0.4, 0.5) is 0 Å². The van der Waals surface area contributed by atoms with Gasteiger partial charge in [-0.2, -0.15) is 0 Å². The average molecular weight is 496 g/mol. The lowest BCUT2D eigenvalue weighted by molar-refractivity contribution is -0.155. The van der Waals surface area contributed by atoms with E-state index < -0.39 is 18.0 Å². The van der Waals surface area contributed by atoms with E-state index in [1.54, 1.807) is 24.3 Å². The van der Waals surface area contributed by atoms with E-state index in [0.717, 1.165) is 10.8 Å². The van der Waals surface area contributed by atoms with Gasteiger partial charge in [0.1, 0.15) is 10.2 Å². The monoisotopic (exact) mass is 495 g/mol. The lowest BCUT2D eigenvalue weighted by Crippen LogP contribution is -2.30. The minimum atomic E-state index is -0.960. The van der Waals surface area contributed by atoms with E-state index in [0.29, 0.717) is 23.7 Å². The summed E-state index contributed by atoms with van der Waals surface area (Å²) in [4.78, 5) is 17.7. The number of nitrogens with zero attached hydrogens (tertiary/aromatic N) is 1. The predicted octanol–water partition coefficient (Wildman–Crippen LogP) is 7.86. The molecule has 3 aromatic rings. The first-order valence-electron chi connectivity index (χ1n) is 11.2. The largest absolute Gasteiger partial charge is 0.442 e. The number of aromatic nitrogens is 1. The number of hydrogen-bond donors (Lipinski definition) is 0. The molecule has 0 amide bonds. The van der Waals surface area contributed by atoms with Crippen molar-refractivity contribution in [3.63, 3.8) is 0 Å². The second kappa shape index (κ2) is 11.9. The SMILES string of the molecule is C#CC(OC(=O)C(C(C)C)C(C=C(Cl)Cl)CC)c1cccc(Oc2cccc3ccccc23)n1. The van der Waals surface area contributed by atoms with E-state index >= 15 is 0 Å². The number of benzene rings is 2. The number of terminal acetylenes is 1. The van der Waals surface area contributed by atoms with Crippen molar-refractivity contribution in [3.05, 3.63) is 76.9 Å². The molecular formula is C28H27Cl2NO3. The van der Waals surface area contributed by atoms with Gasteiger partial charge in [-0.05, 0) is 35.8 Å². The van der Waals surface area contributed by atoms with Crippen LogP contribution >= 0.6 is 23.2 Å². The zero-order valence-corrected chi connectivity index (χ0v) is 20.9. The quantitative estimate of drug-likeness (QED) is 0.224. The molecule has 1 aromatic heterocycles. The zero-order chi connectivity index (χ0) is 24.7. The van der Waals surface area contributed by atoms with Gasteiger partial charge in [0.15, 0.2) is 0 Å². The van der Waals surface area contributed by atoms with Gasteiger partial charge < -0.3 is 9.47 Å². The molecule has 0 fully saturated rings. The van der Waals surface area contributed by atoms with E-state index in [-0.39, 0.29) is 16.3 Å². The minimum absolute atomic E-state index is 0.00574. The van der Waals surface area contributed by atoms with Crippen molar-refractivity contribution in [3.8, 4) is 24.0 Å². The molecule has 0 saturated heterocycles. The smallest absolute Gasteiger partial charge is 0.311 e. The Balaban J connectivity index is 1.83. The summed E-state index contributed by atoms with van der Waals surface area (Å²) in [5.74, 6) is 2.51. The Morgan fingerprint density at radius 1 is 1.09 bits per heavy atom. The number of carbonyl (C=O) groups is 1. The molecule has 0 spiro atoms. The van der Waals surface area contributed by atoms with Crippen LogP contribution < -0.4 is 4.74 Å². The van der Waals surface area contributed by atoms with E-state index in [2.05, 4.69) is 10.9 Å². The van der Waals surface area contributed by atoms with Crippen LogP contribution in [0, 0.1) is 30.1 Å². The van der Waals surface area contributed by atoms with Crippen LogP contribution in [0.15, 0.2) is 71.2 Å². The van der Waals surface area contributed by atoms with Gasteiger partial charge >= 0.3 is 5.97 Å². The Kier molecular flexibility index (Phi) is 8.98. The third-order valence-corrected chi connectivity index (χ3v) is 5.88. The van der Waals surface area contributed by atoms with Crippen LogP contribution in [0.25, 0.3) is 10.8 Å². The summed E-state index contributed by atoms with van der Waals surface area (Å²) >= 11 is 11.7. The Morgan fingerprint density at radius 3 is 2.47 bits per heavy atom. The number of halogens is 2. The molecule has 4 nitrogen and oxygen atoms in total. The van der Waals surface area contributed by atoms with Crippen molar-refractivity contribution >= 4 is 39.9 Å². The van der Waals surface area contributed by atoms with Crippen molar-refractivity contribution in [2.24, 2.45) is 17.8 Å². The third kappa shape index (κ3) is 6.32. The van der Waals surface area contributed by atoms with Crippen LogP contribution in [-0.4, -0.2) is 11.0 Å². The van der Waals surface area contributed by atoms with Gasteiger partial charge in [-0.25, -0.2) is 4.98 Å². The molecule has 0 aliphatic rings. The summed E-state index contributed by atoms with van der Waals surface area (Å²) in [5.41, 5.74) is 0.412. The highest BCUT2D eigenvalue weighted by Crippen LogP contribution is 2.32. The molecule has 3 rings (SSSR count). The first kappa shape index (κ1) is 25.6. The number of carbonyl (C=O) groups excluding carboxylic acids is 1. The fourth-order valence-electron chi connectivity index (χ4n) is 3.98. The number of pyridine rings is 1. The molecule has 2 aromatic carbocycles. The van der Waals surface area contributed by atoms with E-state index in [1.165, 1.54) is 0 Å². The number of hydrogen-bond acceptors (Lipinski definition) is 4. The van der Waals surface area contributed by atoms with Crippen molar-refractivity contribution in [1.82, 2.24) is 4.98 Å². The van der Waals surface area contributed by atoms with Crippen molar-refractivity contribution in [2.45, 2.75) is 33.3 Å². The highest BCUT2D eigenvalue weighted by atomic mass is 35.5. The van der Waals surface area contributed by atoms with Crippen molar-refractivity contribution in [1.29, 1.82) is 0 Å². The molecule has 0 radical (unpaired) electrons. The summed E-state index contributed by atoms with van der Waals surface area (Å²) < 4.78 is 11.9. The first-order valence-corrected chi connectivity index (χ1v) is 11.9. The van der Waals surface area contributed by atoms with Gasteiger partial charge in [-0.3, -0.25) is 4.79 Å². The summed E-state index contributed by atoms with van der Waals surface area (Å²) in [6, 6.07) is 19.0. The van der Waals surface area contributed by atoms with Crippen LogP contribution in [0.5, 0.6) is 11.6 Å². The summed E-state index contributed by atoms with van der Waals surface area (Å²) in [7, 11) is 0. The van der Waals surface area contributed by atoms with Crippen LogP contribution in [0.1, 0.15) is 39.0 Å². The molecule has 34 heavy (non-hydrogen) atoms. The van der Waals surface area contributed by atoms with Gasteiger partial charge in [0.25, 0.3) is 0 Å². The minimum Gasteiger partial charge on any atom is -0.442 e. The van der Waals surface area contributed by atoms with Gasteiger partial charge in [-0.1, -0.05) is 98.4 Å². The number of allylic oxidation sites excluding steroid dienone is 1. The molecule has 1 heterocycles. The molecule has 0 aliphatic carbocycles. The average Bonchev–Trinajstić information content (AvgIpc) is 2.82. The normalized spacial score (nSPS) is 13.6. The molecule has 6 heteroatoms. The Labute approximate surface area is 210 Å². The lowest BCUT2D eigenvalue weighted by atomic mass is 9.82. The Morgan fingerprint density at radius 2 is 1.79 bits per heavy atom. The van der Waals surface area contributed by atoms with Crippen LogP contribution in [-0.2, 0) is 9.53 Å². The standard InChI is InChI=1S/C28H27Cl2NO3/c1-5-19(17-25(29)30)27(18(3)4)28(32)34-23(6-2)22-14-10-16-26(31-22)33-24-15-9-12-20-11-7-8-13-21(20)24/h2,7-19,23,27H,5H2,1,3-4H3. The first-order chi connectivity index (χ1) is 16.3. The molecular weight excluding hydrogens is 469 g/mol. The van der Waals surface area contributed by atoms with Crippen molar-refractivity contribution < 1.29 is 14.3 Å². The number of rotatable bonds is 9. The maximum atomic E-state index is 13.1. The van der Waals surface area contributed by atoms with Gasteiger partial charge in [0.05, 0.1) is 11.6 Å². The number of esters is 1. The van der Waals surface area contributed by atoms with E-state index in [4.69, 9.17) is 39.1 Å². The third-order valence-electron chi connectivity index (χ3n) is 5.63. The Bertz CT molecular complexity index is 1210. The number of fused-ring (bicyclic) bond motifs is 1. The van der Waals surface area contributed by atoms with Gasteiger partial charge in [0.2, 0.25) is 12.0 Å². The van der Waals surface area contributed by atoms with E-state index in [9.17, 15) is 4.79 Å². The second-order valence-corrected chi connectivity index (χ2v) is 9.27. The lowest BCUT2D eigenvalue weighted by Gasteiger charge is -2.27. The zero-order valence-electron chi connectivity index (χ0n) is 19.4. The highest BCUT2D eigenvalue weighted by molar-refractivity contribution is 6.55. The summed E-state index contributed by atoms with van der Waals surface area (Å²) in [6.07, 6.45) is 7.13. The fourth-order valence-corrected chi connectivity index (χ4v) is 4.31. The number of ether oxygens (including phenoxy) is 2. The second-order valence-electron chi connectivity index (χ2n) is 8.26. The molecule has 176 valence electrons. The fraction of sp³-hybridized carbons (Fsp3) is 0.286. The van der Waals surface area contributed by atoms with Crippen LogP contribution in [0.2, 0.25) is 0 Å². The topological polar surface area (TPSA) is 48.4 Å². The molecule has 0 bridgehead atoms. The maximum absolute atomic E-state index is 13.1. The molecule has 3 unspecified atom stereocenters. The maximum Gasteiger partial charge on any atom is 0.311 e. The summed E-state index contributed by atoms with van der Waals surface area (Å²) in [5, 5.41) is 2.02. The molecule has 0 aliphatic heterocycles. The summed E-state index contributed by atoms with van der Waals surface area (Å²) in [6.45, 7) is 5.87.